The molecule has 5 aromatic heterocycles. The van der Waals surface area contributed by atoms with Gasteiger partial charge in [-0.3, -0.25) is 9.97 Å². The van der Waals surface area contributed by atoms with E-state index in [9.17, 15) is 4.39 Å². The van der Waals surface area contributed by atoms with Crippen LogP contribution in [-0.4, -0.2) is 49.0 Å². The maximum Gasteiger partial charge on any atom is 0.163 e. The lowest BCUT2D eigenvalue weighted by molar-refractivity contribution is 0.236. The topological polar surface area (TPSA) is 104 Å². The van der Waals surface area contributed by atoms with Crippen molar-refractivity contribution in [2.75, 3.05) is 18.4 Å². The number of hydrogen-bond donors (Lipinski definition) is 3. The highest BCUT2D eigenvalue weighted by Gasteiger charge is 2.34. The fourth-order valence-corrected chi connectivity index (χ4v) is 5.58. The van der Waals surface area contributed by atoms with E-state index >= 15 is 0 Å². The summed E-state index contributed by atoms with van der Waals surface area (Å²) in [7, 11) is 0. The number of aromatic amines is 1. The van der Waals surface area contributed by atoms with Crippen LogP contribution < -0.4 is 10.6 Å². The van der Waals surface area contributed by atoms with Crippen molar-refractivity contribution in [1.82, 2.24) is 35.2 Å². The summed E-state index contributed by atoms with van der Waals surface area (Å²) in [5.41, 5.74) is 5.07. The van der Waals surface area contributed by atoms with Crippen molar-refractivity contribution in [1.29, 1.82) is 0 Å². The monoisotopic (exact) mass is 508 g/mol. The summed E-state index contributed by atoms with van der Waals surface area (Å²) in [6.45, 7) is 6.50. The van der Waals surface area contributed by atoms with Crippen LogP contribution in [0.2, 0.25) is 0 Å². The van der Waals surface area contributed by atoms with E-state index in [1.54, 1.807) is 12.4 Å². The van der Waals surface area contributed by atoms with Gasteiger partial charge in [-0.15, -0.1) is 0 Å². The summed E-state index contributed by atoms with van der Waals surface area (Å²) in [6, 6.07) is 5.62. The molecule has 1 atom stereocenters. The Morgan fingerprint density at radius 3 is 2.71 bits per heavy atom. The van der Waals surface area contributed by atoms with E-state index in [2.05, 4.69) is 44.4 Å². The first-order valence-electron chi connectivity index (χ1n) is 13.2. The van der Waals surface area contributed by atoms with Crippen molar-refractivity contribution >= 4 is 27.8 Å². The quantitative estimate of drug-likeness (QED) is 0.290. The third-order valence-corrected chi connectivity index (χ3v) is 7.89. The van der Waals surface area contributed by atoms with Gasteiger partial charge in [-0.2, -0.15) is 0 Å². The van der Waals surface area contributed by atoms with Crippen LogP contribution in [0.15, 0.2) is 49.2 Å². The minimum Gasteiger partial charge on any atom is -0.366 e. The minimum absolute atomic E-state index is 0.0704. The van der Waals surface area contributed by atoms with E-state index in [1.165, 1.54) is 30.7 Å². The number of piperidine rings is 1. The Kier molecular flexibility index (Phi) is 5.36. The zero-order valence-corrected chi connectivity index (χ0v) is 21.4. The van der Waals surface area contributed by atoms with Gasteiger partial charge in [-0.25, -0.2) is 19.3 Å². The van der Waals surface area contributed by atoms with Crippen molar-refractivity contribution in [2.24, 2.45) is 5.41 Å². The predicted octanol–water partition coefficient (Wildman–Crippen LogP) is 5.45. The maximum absolute atomic E-state index is 13.9. The van der Waals surface area contributed by atoms with Crippen LogP contribution in [0, 0.1) is 11.2 Å². The lowest BCUT2D eigenvalue weighted by atomic mass is 9.80. The predicted molar refractivity (Wildman–Crippen MR) is 146 cm³/mol. The van der Waals surface area contributed by atoms with Crippen molar-refractivity contribution in [3.05, 3.63) is 60.6 Å². The molecule has 8 nitrogen and oxygen atoms in total. The van der Waals surface area contributed by atoms with Crippen LogP contribution in [0.4, 0.5) is 10.2 Å². The average Bonchev–Trinajstić information content (AvgIpc) is 3.66. The number of aromatic nitrogens is 6. The molecule has 0 bridgehead atoms. The summed E-state index contributed by atoms with van der Waals surface area (Å²) >= 11 is 0. The Labute approximate surface area is 219 Å². The summed E-state index contributed by atoms with van der Waals surface area (Å²) in [4.78, 5) is 26.5. The van der Waals surface area contributed by atoms with Gasteiger partial charge in [0.1, 0.15) is 17.3 Å². The SMILES string of the molecule is CC1(C)CNCCC1Nc1nc(-c2ccnc3[nH]c(-c4cncc(F)c4)cc23)nc2cncc(C3CC3)c12. The number of H-pyrrole nitrogens is 1. The van der Waals surface area contributed by atoms with Gasteiger partial charge in [0.05, 0.1) is 17.9 Å². The fraction of sp³-hybridized carbons (Fsp3) is 0.345. The van der Waals surface area contributed by atoms with Gasteiger partial charge in [0.15, 0.2) is 5.82 Å². The molecule has 1 saturated heterocycles. The Balaban J connectivity index is 1.39. The van der Waals surface area contributed by atoms with Crippen LogP contribution in [0.1, 0.15) is 44.6 Å². The molecule has 1 saturated carbocycles. The molecule has 38 heavy (non-hydrogen) atoms. The molecule has 0 radical (unpaired) electrons. The minimum atomic E-state index is -0.386. The fourth-order valence-electron chi connectivity index (χ4n) is 5.58. The maximum atomic E-state index is 13.9. The van der Waals surface area contributed by atoms with Crippen molar-refractivity contribution in [3.63, 3.8) is 0 Å². The van der Waals surface area contributed by atoms with E-state index in [0.29, 0.717) is 23.0 Å². The molecule has 9 heteroatoms. The normalized spacial score (nSPS) is 19.2. The van der Waals surface area contributed by atoms with Crippen molar-refractivity contribution in [3.8, 4) is 22.6 Å². The van der Waals surface area contributed by atoms with Gasteiger partial charge < -0.3 is 15.6 Å². The first-order valence-corrected chi connectivity index (χ1v) is 13.2. The molecule has 1 unspecified atom stereocenters. The van der Waals surface area contributed by atoms with Gasteiger partial charge in [0.2, 0.25) is 0 Å². The first-order chi connectivity index (χ1) is 18.5. The second-order valence-corrected chi connectivity index (χ2v) is 11.1. The number of anilines is 1. The molecule has 1 aliphatic heterocycles. The Morgan fingerprint density at radius 1 is 1.03 bits per heavy atom. The Bertz CT molecular complexity index is 1670. The zero-order chi connectivity index (χ0) is 25.9. The third-order valence-electron chi connectivity index (χ3n) is 7.89. The third kappa shape index (κ3) is 4.07. The van der Waals surface area contributed by atoms with E-state index in [0.717, 1.165) is 52.9 Å². The van der Waals surface area contributed by atoms with Gasteiger partial charge in [0.25, 0.3) is 0 Å². The highest BCUT2D eigenvalue weighted by atomic mass is 19.1. The first kappa shape index (κ1) is 23.2. The van der Waals surface area contributed by atoms with Crippen molar-refractivity contribution in [2.45, 2.75) is 45.1 Å². The number of nitrogens with one attached hydrogen (secondary N) is 3. The van der Waals surface area contributed by atoms with E-state index < -0.39 is 0 Å². The summed E-state index contributed by atoms with van der Waals surface area (Å²) in [5.74, 6) is 1.60. The van der Waals surface area contributed by atoms with Gasteiger partial charge >= 0.3 is 0 Å². The largest absolute Gasteiger partial charge is 0.366 e. The number of hydrogen-bond acceptors (Lipinski definition) is 7. The molecule has 0 aromatic carbocycles. The number of rotatable bonds is 5. The number of nitrogens with zero attached hydrogens (tertiary/aromatic N) is 5. The molecule has 2 aliphatic rings. The second-order valence-electron chi connectivity index (χ2n) is 11.1. The highest BCUT2D eigenvalue weighted by Crippen LogP contribution is 2.45. The van der Waals surface area contributed by atoms with Crippen LogP contribution in [-0.2, 0) is 0 Å². The molecule has 7 rings (SSSR count). The summed E-state index contributed by atoms with van der Waals surface area (Å²) in [5, 5.41) is 9.31. The van der Waals surface area contributed by atoms with Crippen molar-refractivity contribution < 1.29 is 4.39 Å². The average molecular weight is 509 g/mol. The standard InChI is InChI=1S/C29H29FN8/c1-29(2)15-31-7-6-24(29)37-28-25-21(16-3-4-16)13-33-14-23(25)36-27(38-28)19-5-8-34-26-20(19)10-22(35-26)17-9-18(30)12-32-11-17/h5,8-14,16,24,31H,3-4,6-7,15H2,1-2H3,(H,34,35)(H,36,37,38). The summed E-state index contributed by atoms with van der Waals surface area (Å²) in [6.07, 6.45) is 11.8. The molecule has 0 amide bonds. The number of pyridine rings is 3. The smallest absolute Gasteiger partial charge is 0.163 e. The molecule has 1 aliphatic carbocycles. The molecular formula is C29H29FN8. The molecule has 3 N–H and O–H groups in total. The van der Waals surface area contributed by atoms with Crippen LogP contribution in [0.5, 0.6) is 0 Å². The molecule has 2 fully saturated rings. The molecule has 192 valence electrons. The van der Waals surface area contributed by atoms with Gasteiger partial charge in [-0.1, -0.05) is 13.8 Å². The van der Waals surface area contributed by atoms with E-state index in [1.807, 2.05) is 24.5 Å². The van der Waals surface area contributed by atoms with Crippen LogP contribution >= 0.6 is 0 Å². The van der Waals surface area contributed by atoms with E-state index in [4.69, 9.17) is 9.97 Å². The van der Waals surface area contributed by atoms with E-state index in [-0.39, 0.29) is 17.3 Å². The summed E-state index contributed by atoms with van der Waals surface area (Å²) < 4.78 is 13.9. The molecule has 5 aromatic rings. The van der Waals surface area contributed by atoms with Crippen LogP contribution in [0.25, 0.3) is 44.6 Å². The second kappa shape index (κ2) is 8.80. The Morgan fingerprint density at radius 2 is 1.89 bits per heavy atom. The number of halogens is 1. The molecule has 0 spiro atoms. The Hall–Kier alpha value is -3.98. The lowest BCUT2D eigenvalue weighted by Crippen LogP contribution is -2.49. The molecular weight excluding hydrogens is 479 g/mol. The lowest BCUT2D eigenvalue weighted by Gasteiger charge is -2.40. The van der Waals surface area contributed by atoms with Gasteiger partial charge in [0, 0.05) is 58.8 Å². The number of fused-ring (bicyclic) bond motifs is 2. The van der Waals surface area contributed by atoms with Gasteiger partial charge in [-0.05, 0) is 60.9 Å². The molecule has 6 heterocycles. The highest BCUT2D eigenvalue weighted by molar-refractivity contribution is 5.98. The van der Waals surface area contributed by atoms with Crippen LogP contribution in [0.3, 0.4) is 0 Å². The zero-order valence-electron chi connectivity index (χ0n) is 21.4.